The smallest absolute Gasteiger partial charge is 0.0716 e. The molecular formula is C12H16N2. The van der Waals surface area contributed by atoms with Crippen molar-refractivity contribution < 1.29 is 0 Å². The first kappa shape index (κ1) is 8.27. The normalized spacial score (nSPS) is 22.3. The van der Waals surface area contributed by atoms with E-state index in [1.807, 2.05) is 6.20 Å². The van der Waals surface area contributed by atoms with Gasteiger partial charge >= 0.3 is 0 Å². The molecule has 0 aromatic carbocycles. The summed E-state index contributed by atoms with van der Waals surface area (Å²) >= 11 is 0. The first-order valence-electron chi connectivity index (χ1n) is 5.40. The lowest BCUT2D eigenvalue weighted by molar-refractivity contribution is 0.259. The number of aryl methyl sites for hydroxylation is 1. The maximum atomic E-state index is 4.64. The molecule has 1 saturated carbocycles. The monoisotopic (exact) mass is 188 g/mol. The molecule has 1 aliphatic carbocycles. The third kappa shape index (κ3) is 0.887. The highest BCUT2D eigenvalue weighted by atomic mass is 15.2. The summed E-state index contributed by atoms with van der Waals surface area (Å²) in [6.07, 6.45) is 6.06. The molecule has 2 heteroatoms. The highest BCUT2D eigenvalue weighted by Gasteiger charge is 2.47. The van der Waals surface area contributed by atoms with Crippen LogP contribution in [0.4, 0.5) is 5.69 Å². The summed E-state index contributed by atoms with van der Waals surface area (Å²) in [7, 11) is 2.19. The molecule has 0 bridgehead atoms. The van der Waals surface area contributed by atoms with E-state index in [-0.39, 0.29) is 0 Å². The van der Waals surface area contributed by atoms with E-state index in [1.54, 1.807) is 0 Å². The van der Waals surface area contributed by atoms with Gasteiger partial charge in [-0.1, -0.05) is 6.42 Å². The number of nitrogens with zero attached hydrogens (tertiary/aromatic N) is 2. The molecule has 0 unspecified atom stereocenters. The molecule has 0 amide bonds. The third-order valence-electron chi connectivity index (χ3n) is 3.77. The highest BCUT2D eigenvalue weighted by molar-refractivity contribution is 5.60. The summed E-state index contributed by atoms with van der Waals surface area (Å²) in [6.45, 7) is 3.30. The van der Waals surface area contributed by atoms with Crippen molar-refractivity contribution in [3.8, 4) is 0 Å². The molecule has 1 aliphatic heterocycles. The number of likely N-dealkylation sites (N-methyl/N-ethyl adjacent to an activating group) is 1. The zero-order chi connectivity index (χ0) is 9.76. The Hall–Kier alpha value is -1.05. The molecule has 1 spiro atoms. The molecule has 2 aliphatic rings. The number of hydrogen-bond acceptors (Lipinski definition) is 2. The summed E-state index contributed by atoms with van der Waals surface area (Å²) in [5, 5.41) is 0. The third-order valence-corrected chi connectivity index (χ3v) is 3.77. The van der Waals surface area contributed by atoms with Crippen LogP contribution in [-0.2, 0) is 5.41 Å². The van der Waals surface area contributed by atoms with Crippen LogP contribution in [0.5, 0.6) is 0 Å². The second kappa shape index (κ2) is 2.50. The van der Waals surface area contributed by atoms with Crippen molar-refractivity contribution in [3.05, 3.63) is 23.5 Å². The Bertz CT molecular complexity index is 380. The SMILES string of the molecule is Cc1cnc2c(c1)N(C)CC21CCC1. The Morgan fingerprint density at radius 3 is 2.86 bits per heavy atom. The maximum Gasteiger partial charge on any atom is 0.0716 e. The second-order valence-corrected chi connectivity index (χ2v) is 4.87. The molecule has 0 atom stereocenters. The largest absolute Gasteiger partial charge is 0.372 e. The van der Waals surface area contributed by atoms with Crippen LogP contribution in [-0.4, -0.2) is 18.6 Å². The van der Waals surface area contributed by atoms with Gasteiger partial charge in [-0.15, -0.1) is 0 Å². The summed E-state index contributed by atoms with van der Waals surface area (Å²) in [6, 6.07) is 2.27. The molecule has 3 rings (SSSR count). The minimum Gasteiger partial charge on any atom is -0.372 e. The quantitative estimate of drug-likeness (QED) is 0.621. The van der Waals surface area contributed by atoms with Crippen LogP contribution in [0.15, 0.2) is 12.3 Å². The summed E-state index contributed by atoms with van der Waals surface area (Å²) < 4.78 is 0. The number of aromatic nitrogens is 1. The minimum atomic E-state index is 0.428. The van der Waals surface area contributed by atoms with Crippen LogP contribution in [0.3, 0.4) is 0 Å². The first-order chi connectivity index (χ1) is 6.71. The van der Waals surface area contributed by atoms with Gasteiger partial charge in [-0.25, -0.2) is 0 Å². The number of pyridine rings is 1. The van der Waals surface area contributed by atoms with E-state index < -0.39 is 0 Å². The topological polar surface area (TPSA) is 16.1 Å². The van der Waals surface area contributed by atoms with Crippen molar-refractivity contribution in [2.24, 2.45) is 0 Å². The maximum absolute atomic E-state index is 4.64. The fourth-order valence-electron chi connectivity index (χ4n) is 2.87. The molecule has 2 heterocycles. The van der Waals surface area contributed by atoms with Crippen molar-refractivity contribution in [2.75, 3.05) is 18.5 Å². The van der Waals surface area contributed by atoms with E-state index in [4.69, 9.17) is 0 Å². The van der Waals surface area contributed by atoms with Crippen molar-refractivity contribution in [2.45, 2.75) is 31.6 Å². The molecule has 0 N–H and O–H groups in total. The fourth-order valence-corrected chi connectivity index (χ4v) is 2.87. The summed E-state index contributed by atoms with van der Waals surface area (Å²) in [4.78, 5) is 7.01. The number of anilines is 1. The Labute approximate surface area is 85.0 Å². The Morgan fingerprint density at radius 2 is 2.21 bits per heavy atom. The van der Waals surface area contributed by atoms with Gasteiger partial charge in [0, 0.05) is 25.2 Å². The minimum absolute atomic E-state index is 0.428. The first-order valence-corrected chi connectivity index (χ1v) is 5.40. The summed E-state index contributed by atoms with van der Waals surface area (Å²) in [5.41, 5.74) is 4.42. The molecular weight excluding hydrogens is 172 g/mol. The van der Waals surface area contributed by atoms with Gasteiger partial charge < -0.3 is 4.90 Å². The average Bonchev–Trinajstić information content (AvgIpc) is 2.39. The second-order valence-electron chi connectivity index (χ2n) is 4.87. The molecule has 0 saturated heterocycles. The van der Waals surface area contributed by atoms with E-state index >= 15 is 0 Å². The molecule has 1 fully saturated rings. The highest BCUT2D eigenvalue weighted by Crippen LogP contribution is 2.51. The van der Waals surface area contributed by atoms with Gasteiger partial charge in [0.25, 0.3) is 0 Å². The molecule has 0 radical (unpaired) electrons. The molecule has 1 aromatic heterocycles. The molecule has 1 aromatic rings. The van der Waals surface area contributed by atoms with Gasteiger partial charge in [0.1, 0.15) is 0 Å². The number of fused-ring (bicyclic) bond motifs is 2. The van der Waals surface area contributed by atoms with Gasteiger partial charge in [0.2, 0.25) is 0 Å². The Balaban J connectivity index is 2.14. The van der Waals surface area contributed by atoms with E-state index in [2.05, 4.69) is 29.9 Å². The van der Waals surface area contributed by atoms with Gasteiger partial charge in [0.05, 0.1) is 11.4 Å². The zero-order valence-electron chi connectivity index (χ0n) is 8.88. The van der Waals surface area contributed by atoms with Crippen molar-refractivity contribution in [3.63, 3.8) is 0 Å². The molecule has 74 valence electrons. The van der Waals surface area contributed by atoms with Crippen LogP contribution >= 0.6 is 0 Å². The van der Waals surface area contributed by atoms with Crippen LogP contribution in [0.2, 0.25) is 0 Å². The standard InChI is InChI=1S/C12H16N2/c1-9-6-10-11(13-7-9)12(4-3-5-12)8-14(10)2/h6-7H,3-5,8H2,1-2H3. The van der Waals surface area contributed by atoms with Gasteiger partial charge in [-0.05, 0) is 31.4 Å². The summed E-state index contributed by atoms with van der Waals surface area (Å²) in [5.74, 6) is 0. The lowest BCUT2D eigenvalue weighted by atomic mass is 9.67. The van der Waals surface area contributed by atoms with Crippen molar-refractivity contribution >= 4 is 5.69 Å². The number of rotatable bonds is 0. The van der Waals surface area contributed by atoms with E-state index in [0.29, 0.717) is 5.41 Å². The average molecular weight is 188 g/mol. The van der Waals surface area contributed by atoms with Gasteiger partial charge in [0.15, 0.2) is 0 Å². The number of hydrogen-bond donors (Lipinski definition) is 0. The Kier molecular flexibility index (Phi) is 1.48. The zero-order valence-corrected chi connectivity index (χ0v) is 8.88. The van der Waals surface area contributed by atoms with Crippen LogP contribution in [0.25, 0.3) is 0 Å². The molecule has 14 heavy (non-hydrogen) atoms. The van der Waals surface area contributed by atoms with E-state index in [0.717, 1.165) is 0 Å². The van der Waals surface area contributed by atoms with E-state index in [9.17, 15) is 0 Å². The van der Waals surface area contributed by atoms with Crippen molar-refractivity contribution in [1.29, 1.82) is 0 Å². The predicted octanol–water partition coefficient (Wildman–Crippen LogP) is 2.26. The van der Waals surface area contributed by atoms with Crippen molar-refractivity contribution in [1.82, 2.24) is 4.98 Å². The fraction of sp³-hybridized carbons (Fsp3) is 0.583. The lowest BCUT2D eigenvalue weighted by Crippen LogP contribution is -2.38. The van der Waals surface area contributed by atoms with Gasteiger partial charge in [-0.3, -0.25) is 4.98 Å². The molecule has 2 nitrogen and oxygen atoms in total. The van der Waals surface area contributed by atoms with E-state index in [1.165, 1.54) is 42.8 Å². The predicted molar refractivity (Wildman–Crippen MR) is 57.8 cm³/mol. The van der Waals surface area contributed by atoms with Crippen LogP contribution < -0.4 is 4.90 Å². The van der Waals surface area contributed by atoms with Gasteiger partial charge in [-0.2, -0.15) is 0 Å². The Morgan fingerprint density at radius 1 is 1.43 bits per heavy atom. The van der Waals surface area contributed by atoms with Crippen LogP contribution in [0.1, 0.15) is 30.5 Å². The lowest BCUT2D eigenvalue weighted by Gasteiger charge is -2.37. The van der Waals surface area contributed by atoms with Crippen LogP contribution in [0, 0.1) is 6.92 Å².